The number of hydrogen-bond donors (Lipinski definition) is 0. The van der Waals surface area contributed by atoms with E-state index in [2.05, 4.69) is 57.2 Å². The molecule has 0 aliphatic carbocycles. The summed E-state index contributed by atoms with van der Waals surface area (Å²) >= 11 is 0. The van der Waals surface area contributed by atoms with Crippen LogP contribution in [0.1, 0.15) is 316 Å². The number of carbonyl (C=O) groups is 3. The topological polar surface area (TPSA) is 78.9 Å². The van der Waals surface area contributed by atoms with Crippen LogP contribution in [0.25, 0.3) is 0 Å². The minimum atomic E-state index is -0.773. The zero-order chi connectivity index (χ0) is 48.6. The molecule has 0 aromatic rings. The van der Waals surface area contributed by atoms with Gasteiger partial charge in [0.25, 0.3) is 0 Å². The molecule has 0 spiro atoms. The quantitative estimate of drug-likeness (QED) is 0.0262. The summed E-state index contributed by atoms with van der Waals surface area (Å²) in [6.07, 6.45) is 67.0. The van der Waals surface area contributed by atoms with Gasteiger partial charge < -0.3 is 14.2 Å². The Morgan fingerprint density at radius 3 is 0.836 bits per heavy atom. The normalized spacial score (nSPS) is 12.2. The molecule has 0 N–H and O–H groups in total. The first kappa shape index (κ1) is 64.6. The van der Waals surface area contributed by atoms with E-state index in [1.807, 2.05) is 0 Å². The maximum Gasteiger partial charge on any atom is 0.306 e. The molecule has 0 fully saturated rings. The van der Waals surface area contributed by atoms with E-state index < -0.39 is 6.10 Å². The molecule has 67 heavy (non-hydrogen) atoms. The molecule has 1 atom stereocenters. The van der Waals surface area contributed by atoms with Crippen LogP contribution in [0.4, 0.5) is 0 Å². The smallest absolute Gasteiger partial charge is 0.306 e. The summed E-state index contributed by atoms with van der Waals surface area (Å²) in [5.41, 5.74) is 0. The molecule has 0 aromatic carbocycles. The molecule has 0 radical (unpaired) electrons. The van der Waals surface area contributed by atoms with E-state index in [0.29, 0.717) is 19.3 Å². The molecule has 0 aliphatic heterocycles. The Kier molecular flexibility index (Phi) is 54.2. The van der Waals surface area contributed by atoms with E-state index in [1.165, 1.54) is 199 Å². The molecule has 1 unspecified atom stereocenters. The molecule has 0 bridgehead atoms. The molecule has 0 aromatic heterocycles. The van der Waals surface area contributed by atoms with Gasteiger partial charge in [0.2, 0.25) is 0 Å². The fraction of sp³-hybridized carbons (Fsp3) is 0.852. The van der Waals surface area contributed by atoms with Crippen molar-refractivity contribution in [1.82, 2.24) is 0 Å². The molecule has 0 amide bonds. The van der Waals surface area contributed by atoms with Crippen molar-refractivity contribution in [3.8, 4) is 0 Å². The molecule has 6 heteroatoms. The number of rotatable bonds is 54. The Morgan fingerprint density at radius 2 is 0.537 bits per heavy atom. The van der Waals surface area contributed by atoms with Gasteiger partial charge in [-0.15, -0.1) is 0 Å². The van der Waals surface area contributed by atoms with Gasteiger partial charge in [0.1, 0.15) is 13.2 Å². The summed E-state index contributed by atoms with van der Waals surface area (Å²) in [5, 5.41) is 0. The molecule has 392 valence electrons. The second-order valence-corrected chi connectivity index (χ2v) is 19.9. The van der Waals surface area contributed by atoms with Crippen molar-refractivity contribution in [1.29, 1.82) is 0 Å². The first-order valence-corrected chi connectivity index (χ1v) is 29.5. The lowest BCUT2D eigenvalue weighted by Crippen LogP contribution is -2.30. The van der Waals surface area contributed by atoms with Gasteiger partial charge >= 0.3 is 17.9 Å². The number of esters is 3. The van der Waals surface area contributed by atoms with Crippen LogP contribution in [0, 0.1) is 0 Å². The third-order valence-corrected chi connectivity index (χ3v) is 13.1. The highest BCUT2D eigenvalue weighted by Crippen LogP contribution is 2.17. The maximum atomic E-state index is 12.8. The van der Waals surface area contributed by atoms with Gasteiger partial charge in [-0.1, -0.05) is 276 Å². The van der Waals surface area contributed by atoms with Crippen LogP contribution in [0.2, 0.25) is 0 Å². The minimum Gasteiger partial charge on any atom is -0.462 e. The van der Waals surface area contributed by atoms with Crippen molar-refractivity contribution in [2.75, 3.05) is 13.2 Å². The summed E-state index contributed by atoms with van der Waals surface area (Å²) in [6, 6.07) is 0. The third-order valence-electron chi connectivity index (χ3n) is 13.1. The van der Waals surface area contributed by atoms with E-state index in [0.717, 1.165) is 77.0 Å². The summed E-state index contributed by atoms with van der Waals surface area (Å²) in [7, 11) is 0. The number of allylic oxidation sites excluding steroid dienone is 6. The molecular weight excluding hydrogens is 829 g/mol. The number of hydrogen-bond acceptors (Lipinski definition) is 6. The molecule has 6 nitrogen and oxygen atoms in total. The fourth-order valence-electron chi connectivity index (χ4n) is 8.69. The highest BCUT2D eigenvalue weighted by Gasteiger charge is 2.19. The van der Waals surface area contributed by atoms with Crippen molar-refractivity contribution in [2.24, 2.45) is 0 Å². The van der Waals surface area contributed by atoms with Gasteiger partial charge in [0.15, 0.2) is 6.10 Å². The predicted molar refractivity (Wildman–Crippen MR) is 289 cm³/mol. The number of ether oxygens (including phenoxy) is 3. The van der Waals surface area contributed by atoms with Crippen LogP contribution >= 0.6 is 0 Å². The van der Waals surface area contributed by atoms with Gasteiger partial charge in [-0.3, -0.25) is 14.4 Å². The SMILES string of the molecule is CCCCCCC/C=C\C/C=C\C/C=C\CCCCCCCCC(=O)OCC(COC(=O)CCCCCCCCCCCCCC)OC(=O)CCCCCCCCCCCCCCCCCC. The molecular formula is C61H112O6. The van der Waals surface area contributed by atoms with Crippen molar-refractivity contribution in [3.05, 3.63) is 36.5 Å². The number of unbranched alkanes of at least 4 members (excludes halogenated alkanes) is 37. The van der Waals surface area contributed by atoms with Crippen molar-refractivity contribution in [2.45, 2.75) is 322 Å². The first-order valence-electron chi connectivity index (χ1n) is 29.5. The predicted octanol–water partition coefficient (Wildman–Crippen LogP) is 19.7. The van der Waals surface area contributed by atoms with Crippen LogP contribution in [0.15, 0.2) is 36.5 Å². The van der Waals surface area contributed by atoms with E-state index in [9.17, 15) is 14.4 Å². The van der Waals surface area contributed by atoms with E-state index in [4.69, 9.17) is 14.2 Å². The van der Waals surface area contributed by atoms with Gasteiger partial charge in [-0.05, 0) is 57.8 Å². The van der Waals surface area contributed by atoms with E-state index in [-0.39, 0.29) is 31.1 Å². The highest BCUT2D eigenvalue weighted by molar-refractivity contribution is 5.71. The van der Waals surface area contributed by atoms with Crippen molar-refractivity contribution >= 4 is 17.9 Å². The minimum absolute atomic E-state index is 0.0715. The molecule has 0 saturated carbocycles. The Labute approximate surface area is 416 Å². The molecule has 0 heterocycles. The lowest BCUT2D eigenvalue weighted by atomic mass is 10.0. The van der Waals surface area contributed by atoms with Gasteiger partial charge in [-0.25, -0.2) is 0 Å². The highest BCUT2D eigenvalue weighted by atomic mass is 16.6. The summed E-state index contributed by atoms with van der Waals surface area (Å²) < 4.78 is 16.9. The Morgan fingerprint density at radius 1 is 0.299 bits per heavy atom. The lowest BCUT2D eigenvalue weighted by molar-refractivity contribution is -0.167. The molecule has 0 saturated heterocycles. The van der Waals surface area contributed by atoms with Crippen LogP contribution in [0.5, 0.6) is 0 Å². The first-order chi connectivity index (χ1) is 33.0. The lowest BCUT2D eigenvalue weighted by Gasteiger charge is -2.18. The second kappa shape index (κ2) is 56.2. The van der Waals surface area contributed by atoms with Crippen LogP contribution < -0.4 is 0 Å². The largest absolute Gasteiger partial charge is 0.462 e. The van der Waals surface area contributed by atoms with E-state index >= 15 is 0 Å². The summed E-state index contributed by atoms with van der Waals surface area (Å²) in [5.74, 6) is -0.865. The third kappa shape index (κ3) is 54.4. The zero-order valence-corrected chi connectivity index (χ0v) is 44.9. The Hall–Kier alpha value is -2.37. The maximum absolute atomic E-state index is 12.8. The monoisotopic (exact) mass is 941 g/mol. The van der Waals surface area contributed by atoms with Crippen LogP contribution in [-0.4, -0.2) is 37.2 Å². The summed E-state index contributed by atoms with van der Waals surface area (Å²) in [6.45, 7) is 6.66. The van der Waals surface area contributed by atoms with Crippen LogP contribution in [0.3, 0.4) is 0 Å². The van der Waals surface area contributed by atoms with Crippen molar-refractivity contribution < 1.29 is 28.6 Å². The number of carbonyl (C=O) groups excluding carboxylic acids is 3. The molecule has 0 aliphatic rings. The summed E-state index contributed by atoms with van der Waals surface area (Å²) in [4.78, 5) is 38.1. The molecule has 0 rings (SSSR count). The van der Waals surface area contributed by atoms with Gasteiger partial charge in [-0.2, -0.15) is 0 Å². The zero-order valence-electron chi connectivity index (χ0n) is 44.9. The standard InChI is InChI=1S/C61H112O6/c1-4-7-10-13-16-19-22-25-27-29-30-31-32-33-35-36-39-42-45-48-51-54-60(63)66-57-58(56-65-59(62)53-50-47-44-41-38-24-21-18-15-12-9-6-3)67-61(64)55-52-49-46-43-40-37-34-28-26-23-20-17-14-11-8-5-2/h22,25,29-30,32-33,58H,4-21,23-24,26-28,31,34-57H2,1-3H3/b25-22-,30-29-,33-32-. The van der Waals surface area contributed by atoms with Crippen LogP contribution in [-0.2, 0) is 28.6 Å². The van der Waals surface area contributed by atoms with Gasteiger partial charge in [0.05, 0.1) is 0 Å². The second-order valence-electron chi connectivity index (χ2n) is 19.9. The van der Waals surface area contributed by atoms with Crippen molar-refractivity contribution in [3.63, 3.8) is 0 Å². The average molecular weight is 942 g/mol. The Bertz CT molecular complexity index is 1130. The average Bonchev–Trinajstić information content (AvgIpc) is 3.33. The Balaban J connectivity index is 4.32. The van der Waals surface area contributed by atoms with Gasteiger partial charge in [0, 0.05) is 19.3 Å². The fourth-order valence-corrected chi connectivity index (χ4v) is 8.69. The van der Waals surface area contributed by atoms with E-state index in [1.54, 1.807) is 0 Å².